The van der Waals surface area contributed by atoms with Crippen LogP contribution in [-0.4, -0.2) is 17.0 Å². The molecule has 0 fully saturated rings. The fraction of sp³-hybridized carbons (Fsp3) is 0.952. The van der Waals surface area contributed by atoms with Gasteiger partial charge in [0, 0.05) is 5.88 Å². The van der Waals surface area contributed by atoms with Crippen molar-refractivity contribution in [2.24, 2.45) is 5.92 Å². The van der Waals surface area contributed by atoms with Crippen LogP contribution in [0.25, 0.3) is 0 Å². The molecule has 0 aliphatic heterocycles. The molecule has 0 aliphatic carbocycles. The highest BCUT2D eigenvalue weighted by atomic mass is 35.5. The predicted octanol–water partition coefficient (Wildman–Crippen LogP) is 7.82. The Bertz CT molecular complexity index is 240. The van der Waals surface area contributed by atoms with E-state index in [9.17, 15) is 9.90 Å². The van der Waals surface area contributed by atoms with Gasteiger partial charge in [0.15, 0.2) is 0 Å². The van der Waals surface area contributed by atoms with Crippen LogP contribution in [0.1, 0.15) is 117 Å². The lowest BCUT2D eigenvalue weighted by atomic mass is 9.94. The fourth-order valence-corrected chi connectivity index (χ4v) is 2.91. The van der Waals surface area contributed by atoms with E-state index in [1.807, 2.05) is 0 Å². The van der Waals surface area contributed by atoms with Gasteiger partial charge in [-0.2, -0.15) is 0 Å². The smallest absolute Gasteiger partial charge is 0.306 e. The van der Waals surface area contributed by atoms with E-state index in [0.717, 1.165) is 31.6 Å². The largest absolute Gasteiger partial charge is 0.481 e. The minimum absolute atomic E-state index is 0.0898. The van der Waals surface area contributed by atoms with E-state index in [2.05, 4.69) is 20.8 Å². The molecule has 0 saturated carbocycles. The molecular formula is C21H43ClO2. The molecule has 1 atom stereocenters. The highest BCUT2D eigenvalue weighted by Crippen LogP contribution is 2.19. The second-order valence-corrected chi connectivity index (χ2v) is 7.21. The van der Waals surface area contributed by atoms with Gasteiger partial charge >= 0.3 is 5.97 Å². The summed E-state index contributed by atoms with van der Waals surface area (Å²) in [5.41, 5.74) is 0. The van der Waals surface area contributed by atoms with Crippen LogP contribution >= 0.6 is 11.6 Å². The maximum absolute atomic E-state index is 11.1. The van der Waals surface area contributed by atoms with Gasteiger partial charge in [0.25, 0.3) is 0 Å². The van der Waals surface area contributed by atoms with Crippen molar-refractivity contribution in [2.45, 2.75) is 117 Å². The lowest BCUT2D eigenvalue weighted by Gasteiger charge is -2.11. The van der Waals surface area contributed by atoms with E-state index in [4.69, 9.17) is 11.6 Å². The first-order valence-electron chi connectivity index (χ1n) is 10.4. The van der Waals surface area contributed by atoms with Crippen molar-refractivity contribution >= 4 is 17.6 Å². The summed E-state index contributed by atoms with van der Waals surface area (Å²) < 4.78 is 0. The first kappa shape index (κ1) is 26.0. The van der Waals surface area contributed by atoms with Gasteiger partial charge in [-0.05, 0) is 19.3 Å². The summed E-state index contributed by atoms with van der Waals surface area (Å²) >= 11 is 5.38. The Hall–Kier alpha value is -0.240. The highest BCUT2D eigenvalue weighted by Gasteiger charge is 2.15. The molecule has 0 radical (unpaired) electrons. The summed E-state index contributed by atoms with van der Waals surface area (Å²) in [6.45, 7) is 6.58. The number of carbonyl (C=O) groups is 1. The molecule has 3 heteroatoms. The average molecular weight is 363 g/mol. The Morgan fingerprint density at radius 3 is 1.46 bits per heavy atom. The minimum atomic E-state index is -0.583. The molecule has 2 nitrogen and oxygen atoms in total. The number of alkyl halides is 1. The van der Waals surface area contributed by atoms with Gasteiger partial charge in [-0.25, -0.2) is 0 Å². The van der Waals surface area contributed by atoms with Crippen molar-refractivity contribution in [3.8, 4) is 0 Å². The number of hydrogen-bond donors (Lipinski definition) is 1. The van der Waals surface area contributed by atoms with Crippen molar-refractivity contribution in [3.63, 3.8) is 0 Å². The Morgan fingerprint density at radius 1 is 0.708 bits per heavy atom. The van der Waals surface area contributed by atoms with Crippen LogP contribution in [-0.2, 0) is 4.79 Å². The molecule has 146 valence electrons. The molecule has 0 aromatic rings. The molecule has 0 aliphatic rings. The zero-order chi connectivity index (χ0) is 18.5. The predicted molar refractivity (Wildman–Crippen MR) is 108 cm³/mol. The van der Waals surface area contributed by atoms with Crippen molar-refractivity contribution < 1.29 is 9.90 Å². The average Bonchev–Trinajstić information content (AvgIpc) is 2.58. The molecule has 0 spiro atoms. The number of aliphatic carboxylic acids is 1. The third kappa shape index (κ3) is 21.8. The topological polar surface area (TPSA) is 37.3 Å². The van der Waals surface area contributed by atoms with Crippen LogP contribution in [0.3, 0.4) is 0 Å². The van der Waals surface area contributed by atoms with Gasteiger partial charge in [-0.3, -0.25) is 4.79 Å². The second kappa shape index (κ2) is 22.8. The van der Waals surface area contributed by atoms with Crippen molar-refractivity contribution in [1.82, 2.24) is 0 Å². The Morgan fingerprint density at radius 2 is 1.08 bits per heavy atom. The second-order valence-electron chi connectivity index (χ2n) is 6.84. The SMILES string of the molecule is CCCCCCCCC(CCCCCC)C(=O)O.CCCCCCl. The van der Waals surface area contributed by atoms with Crippen molar-refractivity contribution in [2.75, 3.05) is 5.88 Å². The van der Waals surface area contributed by atoms with Crippen LogP contribution < -0.4 is 0 Å². The van der Waals surface area contributed by atoms with Gasteiger partial charge < -0.3 is 5.11 Å². The molecule has 24 heavy (non-hydrogen) atoms. The molecule has 0 aromatic carbocycles. The zero-order valence-corrected chi connectivity index (χ0v) is 17.4. The highest BCUT2D eigenvalue weighted by molar-refractivity contribution is 6.17. The summed E-state index contributed by atoms with van der Waals surface area (Å²) in [7, 11) is 0. The van der Waals surface area contributed by atoms with E-state index in [1.54, 1.807) is 0 Å². The van der Waals surface area contributed by atoms with E-state index >= 15 is 0 Å². The first-order chi connectivity index (χ1) is 11.6. The maximum atomic E-state index is 11.1. The van der Waals surface area contributed by atoms with E-state index in [0.29, 0.717) is 0 Å². The lowest BCUT2D eigenvalue weighted by Crippen LogP contribution is -2.13. The van der Waals surface area contributed by atoms with Crippen LogP contribution in [0, 0.1) is 5.92 Å². The monoisotopic (exact) mass is 362 g/mol. The number of carboxylic acid groups (broad SMARTS) is 1. The van der Waals surface area contributed by atoms with Gasteiger partial charge in [0.05, 0.1) is 5.92 Å². The Balaban J connectivity index is 0. The number of rotatable bonds is 16. The third-order valence-electron chi connectivity index (χ3n) is 4.40. The molecule has 0 amide bonds. The van der Waals surface area contributed by atoms with Gasteiger partial charge in [-0.1, -0.05) is 97.8 Å². The molecule has 0 rings (SSSR count). The summed E-state index contributed by atoms with van der Waals surface area (Å²) in [6.07, 6.45) is 17.7. The van der Waals surface area contributed by atoms with Gasteiger partial charge in [-0.15, -0.1) is 11.6 Å². The maximum Gasteiger partial charge on any atom is 0.306 e. The standard InChI is InChI=1S/C16H32O2.C5H11Cl/c1-3-5-7-9-10-12-14-15(16(17)18)13-11-8-6-4-2;1-2-3-4-5-6/h15H,3-14H2,1-2H3,(H,17,18);2-5H2,1H3. The Kier molecular flexibility index (Phi) is 24.7. The van der Waals surface area contributed by atoms with E-state index in [-0.39, 0.29) is 5.92 Å². The summed E-state index contributed by atoms with van der Waals surface area (Å²) in [5.74, 6) is 0.154. The molecule has 0 saturated heterocycles. The zero-order valence-electron chi connectivity index (χ0n) is 16.6. The summed E-state index contributed by atoms with van der Waals surface area (Å²) in [5, 5.41) is 9.17. The van der Waals surface area contributed by atoms with Crippen molar-refractivity contribution in [1.29, 1.82) is 0 Å². The first-order valence-corrected chi connectivity index (χ1v) is 11.0. The molecule has 0 heterocycles. The Labute approximate surface area is 156 Å². The number of hydrogen-bond acceptors (Lipinski definition) is 1. The van der Waals surface area contributed by atoms with Crippen LogP contribution in [0.4, 0.5) is 0 Å². The molecule has 1 unspecified atom stereocenters. The summed E-state index contributed by atoms with van der Waals surface area (Å²) in [6, 6.07) is 0. The van der Waals surface area contributed by atoms with Gasteiger partial charge in [0.1, 0.15) is 0 Å². The normalized spacial score (nSPS) is 11.7. The number of unbranched alkanes of at least 4 members (excludes halogenated alkanes) is 10. The van der Waals surface area contributed by atoms with Gasteiger partial charge in [0.2, 0.25) is 0 Å². The number of halogens is 1. The third-order valence-corrected chi connectivity index (χ3v) is 4.67. The lowest BCUT2D eigenvalue weighted by molar-refractivity contribution is -0.142. The van der Waals surface area contributed by atoms with Crippen LogP contribution in [0.15, 0.2) is 0 Å². The molecule has 0 bridgehead atoms. The van der Waals surface area contributed by atoms with Crippen LogP contribution in [0.5, 0.6) is 0 Å². The molecule has 1 N–H and O–H groups in total. The minimum Gasteiger partial charge on any atom is -0.481 e. The van der Waals surface area contributed by atoms with E-state index < -0.39 is 5.97 Å². The van der Waals surface area contributed by atoms with E-state index in [1.165, 1.54) is 70.6 Å². The van der Waals surface area contributed by atoms with Crippen LogP contribution in [0.2, 0.25) is 0 Å². The fourth-order valence-electron chi connectivity index (χ4n) is 2.72. The number of carboxylic acids is 1. The molecular weight excluding hydrogens is 320 g/mol. The molecule has 0 aromatic heterocycles. The summed E-state index contributed by atoms with van der Waals surface area (Å²) in [4.78, 5) is 11.1. The van der Waals surface area contributed by atoms with Crippen molar-refractivity contribution in [3.05, 3.63) is 0 Å². The quantitative estimate of drug-likeness (QED) is 0.224.